The molecule has 52 heavy (non-hydrogen) atoms. The maximum atomic E-state index is 4.77. The third-order valence-corrected chi connectivity index (χ3v) is 11.6. The minimum atomic E-state index is 0.737. The monoisotopic (exact) mass is 702 g/mol. The van der Waals surface area contributed by atoms with Gasteiger partial charge in [-0.25, -0.2) is 0 Å². The third kappa shape index (κ3) is 5.32. The number of benzene rings is 6. The minimum absolute atomic E-state index is 0.737. The number of aromatic nitrogens is 3. The molecule has 0 atom stereocenters. The second kappa shape index (κ2) is 12.8. The molecule has 246 valence electrons. The molecule has 0 spiro atoms. The number of nitrogens with zero attached hydrogens (tertiary/aromatic N) is 3. The Hall–Kier alpha value is -6.21. The van der Waals surface area contributed by atoms with Gasteiger partial charge in [-0.2, -0.15) is 0 Å². The fraction of sp³-hybridized carbons (Fsp3) is 0.0217. The van der Waals surface area contributed by atoms with Crippen molar-refractivity contribution in [2.75, 3.05) is 6.54 Å². The summed E-state index contributed by atoms with van der Waals surface area (Å²) >= 11 is 3.29. The van der Waals surface area contributed by atoms with Gasteiger partial charge in [0.1, 0.15) is 0 Å². The largest absolute Gasteiger partial charge is 0.386 e. The van der Waals surface area contributed by atoms with Gasteiger partial charge in [-0.05, 0) is 89.5 Å². The van der Waals surface area contributed by atoms with E-state index in [1.807, 2.05) is 35.8 Å². The van der Waals surface area contributed by atoms with Crippen molar-refractivity contribution in [1.29, 1.82) is 0 Å². The molecule has 0 amide bonds. The Bertz CT molecular complexity index is 2830. The van der Waals surface area contributed by atoms with E-state index in [-0.39, 0.29) is 0 Å². The fourth-order valence-electron chi connectivity index (χ4n) is 7.62. The molecule has 0 radical (unpaired) electrons. The standard InChI is InChI=1S/C46H30N4S2/c1-2-8-37-30(6-1)7-5-11-38(37)31-14-12-29(13-15-31)32-16-17-41-42(20-32)46(36-19-34(22-48-24-36)44-26-50-28-52-44)40-10-4-3-9-39(40)45(41)35-18-33(21-47-23-35)43-25-49-27-51-43/h1-22,24-28,47H,23H2. The predicted molar refractivity (Wildman–Crippen MR) is 220 cm³/mol. The lowest BCUT2D eigenvalue weighted by Crippen LogP contribution is -2.14. The van der Waals surface area contributed by atoms with Crippen LogP contribution in [0.2, 0.25) is 0 Å². The van der Waals surface area contributed by atoms with E-state index in [1.54, 1.807) is 22.7 Å². The van der Waals surface area contributed by atoms with E-state index in [2.05, 4.69) is 143 Å². The van der Waals surface area contributed by atoms with Gasteiger partial charge >= 0.3 is 0 Å². The Kier molecular flexibility index (Phi) is 7.56. The van der Waals surface area contributed by atoms with E-state index in [0.717, 1.165) is 33.0 Å². The lowest BCUT2D eigenvalue weighted by Gasteiger charge is -2.22. The Morgan fingerprint density at radius 1 is 0.481 bits per heavy atom. The summed E-state index contributed by atoms with van der Waals surface area (Å²) in [6.45, 7) is 0.737. The van der Waals surface area contributed by atoms with Gasteiger partial charge in [0.25, 0.3) is 0 Å². The summed E-state index contributed by atoms with van der Waals surface area (Å²) in [5.74, 6) is 0. The van der Waals surface area contributed by atoms with Crippen molar-refractivity contribution in [1.82, 2.24) is 20.3 Å². The zero-order valence-electron chi connectivity index (χ0n) is 28.0. The van der Waals surface area contributed by atoms with E-state index in [4.69, 9.17) is 4.98 Å². The lowest BCUT2D eigenvalue weighted by atomic mass is 9.84. The van der Waals surface area contributed by atoms with Crippen LogP contribution in [0.15, 0.2) is 163 Å². The Morgan fingerprint density at radius 2 is 1.15 bits per heavy atom. The van der Waals surface area contributed by atoms with Crippen LogP contribution in [0.4, 0.5) is 0 Å². The molecule has 0 fully saturated rings. The second-order valence-corrected chi connectivity index (χ2v) is 14.8. The molecular formula is C46H30N4S2. The molecule has 4 nitrogen and oxygen atoms in total. The molecule has 0 bridgehead atoms. The number of dihydropyridines is 1. The summed E-state index contributed by atoms with van der Waals surface area (Å²) < 4.78 is 0. The first-order chi connectivity index (χ1) is 25.8. The van der Waals surface area contributed by atoms with Gasteiger partial charge in [-0.1, -0.05) is 103 Å². The number of fused-ring (bicyclic) bond motifs is 3. The van der Waals surface area contributed by atoms with Gasteiger partial charge in [0.05, 0.1) is 20.8 Å². The molecule has 0 saturated heterocycles. The fourth-order valence-corrected chi connectivity index (χ4v) is 8.83. The number of thiazole rings is 2. The van der Waals surface area contributed by atoms with Crippen molar-refractivity contribution in [3.05, 3.63) is 174 Å². The van der Waals surface area contributed by atoms with Crippen LogP contribution in [0.25, 0.3) is 87.3 Å². The molecule has 6 heteroatoms. The highest BCUT2D eigenvalue weighted by Crippen LogP contribution is 2.45. The van der Waals surface area contributed by atoms with Crippen LogP contribution < -0.4 is 5.32 Å². The van der Waals surface area contributed by atoms with Crippen molar-refractivity contribution in [2.45, 2.75) is 0 Å². The molecule has 6 aromatic carbocycles. The summed E-state index contributed by atoms with van der Waals surface area (Å²) in [4.78, 5) is 15.7. The van der Waals surface area contributed by atoms with E-state index >= 15 is 0 Å². The first-order valence-corrected chi connectivity index (χ1v) is 19.0. The Morgan fingerprint density at radius 3 is 1.96 bits per heavy atom. The molecule has 10 rings (SSSR count). The van der Waals surface area contributed by atoms with E-state index in [9.17, 15) is 0 Å². The van der Waals surface area contributed by atoms with E-state index in [0.29, 0.717) is 0 Å². The van der Waals surface area contributed by atoms with Gasteiger partial charge in [-0.3, -0.25) is 15.0 Å². The smallest absolute Gasteiger partial charge is 0.0797 e. The van der Waals surface area contributed by atoms with Gasteiger partial charge in [0.15, 0.2) is 0 Å². The Labute approximate surface area is 309 Å². The topological polar surface area (TPSA) is 50.7 Å². The van der Waals surface area contributed by atoms with Gasteiger partial charge in [-0.15, -0.1) is 22.7 Å². The zero-order valence-corrected chi connectivity index (χ0v) is 29.6. The number of hydrogen-bond acceptors (Lipinski definition) is 6. The number of nitrogens with one attached hydrogen (secondary N) is 1. The number of allylic oxidation sites excluding steroid dienone is 2. The van der Waals surface area contributed by atoms with Gasteiger partial charge in [0, 0.05) is 54.2 Å². The molecule has 0 unspecified atom stereocenters. The average Bonchev–Trinajstić information content (AvgIpc) is 3.96. The molecule has 3 aromatic heterocycles. The first-order valence-electron chi connectivity index (χ1n) is 17.2. The molecule has 9 aromatic rings. The molecule has 1 aliphatic rings. The van der Waals surface area contributed by atoms with Crippen LogP contribution >= 0.6 is 22.7 Å². The quantitative estimate of drug-likeness (QED) is 0.175. The van der Waals surface area contributed by atoms with Crippen LogP contribution in [0, 0.1) is 0 Å². The SMILES string of the molecule is C1=C(c2cncs2)C=C(c2c3ccccc3c(-c3cncc(-c4cncs4)c3)c3cc(-c4ccc(-c5cccc6ccccc56)cc4)ccc23)CN1. The van der Waals surface area contributed by atoms with E-state index < -0.39 is 0 Å². The Balaban J connectivity index is 1.19. The van der Waals surface area contributed by atoms with Gasteiger partial charge < -0.3 is 5.32 Å². The minimum Gasteiger partial charge on any atom is -0.386 e. The van der Waals surface area contributed by atoms with Crippen LogP contribution in [-0.2, 0) is 0 Å². The number of hydrogen-bond donors (Lipinski definition) is 1. The van der Waals surface area contributed by atoms with Crippen molar-refractivity contribution in [3.63, 3.8) is 0 Å². The summed E-state index contributed by atoms with van der Waals surface area (Å²) in [6.07, 6.45) is 12.2. The molecule has 1 N–H and O–H groups in total. The summed E-state index contributed by atoms with van der Waals surface area (Å²) in [7, 11) is 0. The first kappa shape index (κ1) is 30.6. The summed E-state index contributed by atoms with van der Waals surface area (Å²) in [5, 5.41) is 10.9. The van der Waals surface area contributed by atoms with Crippen LogP contribution in [0.3, 0.4) is 0 Å². The highest BCUT2D eigenvalue weighted by molar-refractivity contribution is 7.13. The molecule has 4 heterocycles. The molecule has 0 aliphatic carbocycles. The van der Waals surface area contributed by atoms with Crippen LogP contribution in [0.1, 0.15) is 10.4 Å². The number of rotatable bonds is 6. The zero-order chi connectivity index (χ0) is 34.4. The highest BCUT2D eigenvalue weighted by Gasteiger charge is 2.21. The summed E-state index contributed by atoms with van der Waals surface area (Å²) in [5.41, 5.74) is 15.6. The van der Waals surface area contributed by atoms with E-state index in [1.165, 1.54) is 71.3 Å². The maximum Gasteiger partial charge on any atom is 0.0797 e. The van der Waals surface area contributed by atoms with Crippen molar-refractivity contribution in [3.8, 4) is 43.8 Å². The second-order valence-electron chi connectivity index (χ2n) is 13.0. The molecule has 1 aliphatic heterocycles. The average molecular weight is 703 g/mol. The third-order valence-electron chi connectivity index (χ3n) is 10.0. The lowest BCUT2D eigenvalue weighted by molar-refractivity contribution is 0.993. The van der Waals surface area contributed by atoms with Crippen molar-refractivity contribution in [2.24, 2.45) is 0 Å². The molecule has 0 saturated carbocycles. The van der Waals surface area contributed by atoms with Gasteiger partial charge in [0.2, 0.25) is 0 Å². The number of pyridine rings is 1. The van der Waals surface area contributed by atoms with Crippen LogP contribution in [0.5, 0.6) is 0 Å². The normalized spacial score (nSPS) is 12.9. The van der Waals surface area contributed by atoms with Crippen molar-refractivity contribution < 1.29 is 0 Å². The van der Waals surface area contributed by atoms with Crippen molar-refractivity contribution >= 4 is 66.1 Å². The highest BCUT2D eigenvalue weighted by atomic mass is 32.1. The molecular weight excluding hydrogens is 673 g/mol. The van der Waals surface area contributed by atoms with Crippen LogP contribution in [-0.4, -0.2) is 21.5 Å². The predicted octanol–water partition coefficient (Wildman–Crippen LogP) is 12.1. The summed E-state index contributed by atoms with van der Waals surface area (Å²) in [6, 6.07) is 42.2. The maximum absolute atomic E-state index is 4.77.